The van der Waals surface area contributed by atoms with Gasteiger partial charge in [0.25, 0.3) is 5.91 Å². The first kappa shape index (κ1) is 14.0. The van der Waals surface area contributed by atoms with Crippen molar-refractivity contribution in [3.05, 3.63) is 46.2 Å². The highest BCUT2D eigenvalue weighted by atomic mass is 35.5. The third kappa shape index (κ3) is 3.04. The molecule has 0 fully saturated rings. The Bertz CT molecular complexity index is 707. The van der Waals surface area contributed by atoms with Gasteiger partial charge in [0.2, 0.25) is 0 Å². The lowest BCUT2D eigenvalue weighted by atomic mass is 10.2. The minimum Gasteiger partial charge on any atom is -0.486 e. The van der Waals surface area contributed by atoms with Crippen molar-refractivity contribution in [2.45, 2.75) is 0 Å². The van der Waals surface area contributed by atoms with Crippen LogP contribution in [0.1, 0.15) is 10.5 Å². The quantitative estimate of drug-likeness (QED) is 0.860. The average molecular weight is 325 g/mol. The van der Waals surface area contributed by atoms with E-state index < -0.39 is 5.91 Å². The first-order valence-electron chi connectivity index (χ1n) is 6.16. The molecule has 0 unspecified atom stereocenters. The number of fused-ring (bicyclic) bond motifs is 1. The lowest BCUT2D eigenvalue weighted by Gasteiger charge is -2.19. The van der Waals surface area contributed by atoms with Gasteiger partial charge in [0, 0.05) is 11.8 Å². The highest BCUT2D eigenvalue weighted by molar-refractivity contribution is 6.35. The summed E-state index contributed by atoms with van der Waals surface area (Å²) in [4.78, 5) is 16.1. The highest BCUT2D eigenvalue weighted by Crippen LogP contribution is 2.32. The third-order valence-electron chi connectivity index (χ3n) is 2.83. The van der Waals surface area contributed by atoms with Crippen LogP contribution in [0, 0.1) is 0 Å². The minimum atomic E-state index is -0.445. The summed E-state index contributed by atoms with van der Waals surface area (Å²) in [6, 6.07) is 8.17. The van der Waals surface area contributed by atoms with E-state index in [9.17, 15) is 4.79 Å². The fourth-order valence-electron chi connectivity index (χ4n) is 1.89. The van der Waals surface area contributed by atoms with Crippen molar-refractivity contribution in [2.75, 3.05) is 18.5 Å². The number of hydrogen-bond acceptors (Lipinski definition) is 4. The number of amides is 1. The van der Waals surface area contributed by atoms with Crippen LogP contribution in [0.5, 0.6) is 11.5 Å². The smallest absolute Gasteiger partial charge is 0.275 e. The van der Waals surface area contributed by atoms with E-state index in [2.05, 4.69) is 10.3 Å². The number of ether oxygens (including phenoxy) is 2. The molecule has 0 saturated carbocycles. The monoisotopic (exact) mass is 324 g/mol. The molecule has 5 nitrogen and oxygen atoms in total. The molecule has 0 atom stereocenters. The molecular formula is C14H10Cl2N2O3. The number of benzene rings is 1. The topological polar surface area (TPSA) is 60.5 Å². The van der Waals surface area contributed by atoms with Crippen molar-refractivity contribution in [3.63, 3.8) is 0 Å². The fraction of sp³-hybridized carbons (Fsp3) is 0.143. The van der Waals surface area contributed by atoms with Crippen molar-refractivity contribution in [1.29, 1.82) is 0 Å². The van der Waals surface area contributed by atoms with Crippen molar-refractivity contribution < 1.29 is 14.3 Å². The van der Waals surface area contributed by atoms with E-state index >= 15 is 0 Å². The normalized spacial score (nSPS) is 12.9. The number of anilines is 1. The van der Waals surface area contributed by atoms with Crippen LogP contribution in [0.3, 0.4) is 0 Å². The SMILES string of the molecule is O=C(Nc1ccc2c(c1)OCCO2)c1nc(Cl)ccc1Cl. The Kier molecular flexibility index (Phi) is 3.86. The molecule has 108 valence electrons. The average Bonchev–Trinajstić information content (AvgIpc) is 2.49. The first-order valence-corrected chi connectivity index (χ1v) is 6.92. The van der Waals surface area contributed by atoms with E-state index in [-0.39, 0.29) is 15.9 Å². The predicted octanol–water partition coefficient (Wildman–Crippen LogP) is 3.41. The number of rotatable bonds is 2. The number of nitrogens with zero attached hydrogens (tertiary/aromatic N) is 1. The standard InChI is InChI=1S/C14H10Cl2N2O3/c15-9-2-4-12(16)18-13(9)14(19)17-8-1-3-10-11(7-8)21-6-5-20-10/h1-4,7H,5-6H2,(H,17,19). The van der Waals surface area contributed by atoms with E-state index in [1.165, 1.54) is 12.1 Å². The van der Waals surface area contributed by atoms with Gasteiger partial charge in [-0.2, -0.15) is 0 Å². The molecule has 2 aromatic rings. The van der Waals surface area contributed by atoms with Gasteiger partial charge in [-0.05, 0) is 24.3 Å². The maximum atomic E-state index is 12.2. The molecule has 1 amide bonds. The van der Waals surface area contributed by atoms with Gasteiger partial charge in [0.05, 0.1) is 5.02 Å². The summed E-state index contributed by atoms with van der Waals surface area (Å²) in [7, 11) is 0. The maximum absolute atomic E-state index is 12.2. The molecule has 2 heterocycles. The van der Waals surface area contributed by atoms with E-state index in [0.717, 1.165) is 0 Å². The molecule has 0 bridgehead atoms. The zero-order valence-electron chi connectivity index (χ0n) is 10.7. The van der Waals surface area contributed by atoms with Crippen LogP contribution in [0.25, 0.3) is 0 Å². The van der Waals surface area contributed by atoms with Crippen molar-refractivity contribution in [2.24, 2.45) is 0 Å². The molecule has 21 heavy (non-hydrogen) atoms. The molecule has 1 N–H and O–H groups in total. The second-order valence-corrected chi connectivity index (χ2v) is 5.07. The van der Waals surface area contributed by atoms with Crippen LogP contribution in [-0.2, 0) is 0 Å². The Hall–Kier alpha value is -1.98. The van der Waals surface area contributed by atoms with Crippen LogP contribution in [0.15, 0.2) is 30.3 Å². The van der Waals surface area contributed by atoms with Crippen LogP contribution in [0.4, 0.5) is 5.69 Å². The number of pyridine rings is 1. The van der Waals surface area contributed by atoms with E-state index in [0.29, 0.717) is 30.4 Å². The van der Waals surface area contributed by atoms with Crippen molar-refractivity contribution in [3.8, 4) is 11.5 Å². The minimum absolute atomic E-state index is 0.0686. The van der Waals surface area contributed by atoms with Gasteiger partial charge >= 0.3 is 0 Å². The maximum Gasteiger partial charge on any atom is 0.275 e. The molecule has 7 heteroatoms. The van der Waals surface area contributed by atoms with Crippen LogP contribution < -0.4 is 14.8 Å². The second-order valence-electron chi connectivity index (χ2n) is 4.28. The number of carbonyl (C=O) groups excluding carboxylic acids is 1. The van der Waals surface area contributed by atoms with Gasteiger partial charge in [-0.25, -0.2) is 4.98 Å². The van der Waals surface area contributed by atoms with Gasteiger partial charge in [-0.15, -0.1) is 0 Å². The van der Waals surface area contributed by atoms with Crippen LogP contribution in [0.2, 0.25) is 10.2 Å². The van der Waals surface area contributed by atoms with E-state index in [1.807, 2.05) is 0 Å². The molecule has 0 radical (unpaired) electrons. The number of aromatic nitrogens is 1. The molecule has 3 rings (SSSR count). The Morgan fingerprint density at radius 3 is 2.67 bits per heavy atom. The highest BCUT2D eigenvalue weighted by Gasteiger charge is 2.16. The number of nitrogens with one attached hydrogen (secondary N) is 1. The molecular weight excluding hydrogens is 315 g/mol. The summed E-state index contributed by atoms with van der Waals surface area (Å²) in [5.74, 6) is 0.793. The lowest BCUT2D eigenvalue weighted by molar-refractivity contribution is 0.102. The van der Waals surface area contributed by atoms with Gasteiger partial charge in [0.1, 0.15) is 24.1 Å². The van der Waals surface area contributed by atoms with Crippen LogP contribution >= 0.6 is 23.2 Å². The molecule has 0 spiro atoms. The zero-order valence-corrected chi connectivity index (χ0v) is 12.2. The predicted molar refractivity (Wildman–Crippen MR) is 79.6 cm³/mol. The summed E-state index contributed by atoms with van der Waals surface area (Å²) in [5.41, 5.74) is 0.626. The number of halogens is 2. The van der Waals surface area contributed by atoms with Crippen molar-refractivity contribution in [1.82, 2.24) is 4.98 Å². The van der Waals surface area contributed by atoms with E-state index in [4.69, 9.17) is 32.7 Å². The third-order valence-corrected chi connectivity index (χ3v) is 3.34. The van der Waals surface area contributed by atoms with Gasteiger partial charge in [-0.1, -0.05) is 23.2 Å². The molecule has 0 aliphatic carbocycles. The molecule has 1 aromatic carbocycles. The summed E-state index contributed by atoms with van der Waals surface area (Å²) < 4.78 is 10.9. The Morgan fingerprint density at radius 1 is 1.10 bits per heavy atom. The summed E-state index contributed by atoms with van der Waals surface area (Å²) in [5, 5.41) is 3.13. The second kappa shape index (κ2) is 5.79. The van der Waals surface area contributed by atoms with Crippen molar-refractivity contribution >= 4 is 34.8 Å². The summed E-state index contributed by atoms with van der Waals surface area (Å²) >= 11 is 11.7. The number of carbonyl (C=O) groups is 1. The zero-order chi connectivity index (χ0) is 14.8. The van der Waals surface area contributed by atoms with Gasteiger partial charge in [0.15, 0.2) is 11.5 Å². The van der Waals surface area contributed by atoms with E-state index in [1.54, 1.807) is 18.2 Å². The lowest BCUT2D eigenvalue weighted by Crippen LogP contribution is -2.17. The summed E-state index contributed by atoms with van der Waals surface area (Å²) in [6.07, 6.45) is 0. The molecule has 1 aromatic heterocycles. The molecule has 0 saturated heterocycles. The van der Waals surface area contributed by atoms with Gasteiger partial charge in [-0.3, -0.25) is 4.79 Å². The summed E-state index contributed by atoms with van der Waals surface area (Å²) in [6.45, 7) is 0.993. The largest absolute Gasteiger partial charge is 0.486 e. The van der Waals surface area contributed by atoms with Crippen LogP contribution in [-0.4, -0.2) is 24.1 Å². The fourth-order valence-corrected chi connectivity index (χ4v) is 2.23. The van der Waals surface area contributed by atoms with Gasteiger partial charge < -0.3 is 14.8 Å². The Balaban J connectivity index is 1.83. The Labute approximate surface area is 130 Å². The molecule has 1 aliphatic rings. The Morgan fingerprint density at radius 2 is 1.86 bits per heavy atom. The first-order chi connectivity index (χ1) is 10.1. The molecule has 1 aliphatic heterocycles. The number of hydrogen-bond donors (Lipinski definition) is 1.